The number of hydrogen-bond donors (Lipinski definition) is 0. The molecular weight excluding hydrogens is 504 g/mol. The molecule has 0 aliphatic carbocycles. The summed E-state index contributed by atoms with van der Waals surface area (Å²) in [5.41, 5.74) is 2.38. The summed E-state index contributed by atoms with van der Waals surface area (Å²) in [7, 11) is 0. The van der Waals surface area contributed by atoms with Crippen molar-refractivity contribution in [2.75, 3.05) is 44.3 Å². The van der Waals surface area contributed by atoms with Crippen LogP contribution in [0.25, 0.3) is 0 Å². The minimum atomic E-state index is -0.715. The van der Waals surface area contributed by atoms with E-state index in [2.05, 4.69) is 34.1 Å². The third-order valence-electron chi connectivity index (χ3n) is 7.20. The van der Waals surface area contributed by atoms with Gasteiger partial charge in [0.2, 0.25) is 5.91 Å². The van der Waals surface area contributed by atoms with Crippen molar-refractivity contribution in [3.63, 3.8) is 0 Å². The Morgan fingerprint density at radius 1 is 1.11 bits per heavy atom. The molecule has 5 rings (SSSR count). The van der Waals surface area contributed by atoms with Gasteiger partial charge in [-0.3, -0.25) is 4.79 Å². The molecule has 2 aliphatic heterocycles. The zero-order valence-electron chi connectivity index (χ0n) is 21.8. The van der Waals surface area contributed by atoms with Crippen LogP contribution in [0.5, 0.6) is 5.75 Å². The molecule has 0 saturated carbocycles. The fourth-order valence-corrected chi connectivity index (χ4v) is 5.21. The van der Waals surface area contributed by atoms with Gasteiger partial charge < -0.3 is 28.6 Å². The standard InChI is InChI=1S/C29H35ClN4O4/c1-23(35)33-15-17-34(18-16-33)26-8-10-27(11-9-26)36-19-28-20-37-29(38-28,21-32-14-13-31-22-32)12-2-3-24-4-6-25(30)7-5-24/h4-11,13-14,22,28H,2-3,12,15-21H2,1H3. The summed E-state index contributed by atoms with van der Waals surface area (Å²) in [4.78, 5) is 19.9. The van der Waals surface area contributed by atoms with Gasteiger partial charge in [0, 0.05) is 62.6 Å². The fraction of sp³-hybridized carbons (Fsp3) is 0.448. The van der Waals surface area contributed by atoms with Gasteiger partial charge in [-0.1, -0.05) is 23.7 Å². The first-order valence-electron chi connectivity index (χ1n) is 13.2. The Morgan fingerprint density at radius 2 is 1.87 bits per heavy atom. The van der Waals surface area contributed by atoms with Gasteiger partial charge in [0.25, 0.3) is 0 Å². The minimum Gasteiger partial charge on any atom is -0.491 e. The molecular formula is C29H35ClN4O4. The second-order valence-electron chi connectivity index (χ2n) is 9.97. The highest BCUT2D eigenvalue weighted by molar-refractivity contribution is 6.30. The van der Waals surface area contributed by atoms with Crippen molar-refractivity contribution in [1.82, 2.24) is 14.5 Å². The summed E-state index contributed by atoms with van der Waals surface area (Å²) in [5, 5.41) is 0.748. The molecule has 8 nitrogen and oxygen atoms in total. The molecule has 1 amide bonds. The van der Waals surface area contributed by atoms with Crippen LogP contribution in [0.2, 0.25) is 5.02 Å². The van der Waals surface area contributed by atoms with E-state index < -0.39 is 5.79 Å². The van der Waals surface area contributed by atoms with Crippen molar-refractivity contribution in [2.45, 2.75) is 44.6 Å². The number of hydrogen-bond acceptors (Lipinski definition) is 6. The number of anilines is 1. The van der Waals surface area contributed by atoms with Crippen LogP contribution in [0.1, 0.15) is 25.3 Å². The monoisotopic (exact) mass is 538 g/mol. The van der Waals surface area contributed by atoms with Crippen LogP contribution in [-0.2, 0) is 27.2 Å². The lowest BCUT2D eigenvalue weighted by atomic mass is 10.0. The molecule has 2 aromatic carbocycles. The number of rotatable bonds is 10. The number of amides is 1. The summed E-state index contributed by atoms with van der Waals surface area (Å²) < 4.78 is 20.9. The number of ether oxygens (including phenoxy) is 3. The van der Waals surface area contributed by atoms with E-state index in [0.29, 0.717) is 19.8 Å². The molecule has 0 bridgehead atoms. The minimum absolute atomic E-state index is 0.141. The second kappa shape index (κ2) is 12.2. The molecule has 0 spiro atoms. The van der Waals surface area contributed by atoms with Crippen LogP contribution in [0, 0.1) is 0 Å². The van der Waals surface area contributed by atoms with E-state index >= 15 is 0 Å². The Morgan fingerprint density at radius 3 is 2.55 bits per heavy atom. The number of aryl methyl sites for hydroxylation is 1. The van der Waals surface area contributed by atoms with Gasteiger partial charge in [0.05, 0.1) is 19.5 Å². The van der Waals surface area contributed by atoms with Crippen LogP contribution >= 0.6 is 11.6 Å². The van der Waals surface area contributed by atoms with Crippen molar-refractivity contribution in [1.29, 1.82) is 0 Å². The van der Waals surface area contributed by atoms with Gasteiger partial charge in [-0.05, 0) is 54.8 Å². The van der Waals surface area contributed by atoms with Crippen LogP contribution < -0.4 is 9.64 Å². The van der Waals surface area contributed by atoms with Crippen LogP contribution in [0.4, 0.5) is 5.69 Å². The maximum atomic E-state index is 11.6. The van der Waals surface area contributed by atoms with Crippen LogP contribution in [0.15, 0.2) is 67.3 Å². The molecule has 9 heteroatoms. The highest BCUT2D eigenvalue weighted by Crippen LogP contribution is 2.32. The number of piperazine rings is 1. The van der Waals surface area contributed by atoms with Crippen LogP contribution in [0.3, 0.4) is 0 Å². The third-order valence-corrected chi connectivity index (χ3v) is 7.45. The van der Waals surface area contributed by atoms with Gasteiger partial charge in [0.1, 0.15) is 18.5 Å². The lowest BCUT2D eigenvalue weighted by molar-refractivity contribution is -0.185. The Labute approximate surface area is 229 Å². The number of carbonyl (C=O) groups is 1. The molecule has 3 aromatic rings. The maximum absolute atomic E-state index is 11.6. The molecule has 2 atom stereocenters. The molecule has 3 heterocycles. The second-order valence-corrected chi connectivity index (χ2v) is 10.4. The third kappa shape index (κ3) is 6.87. The first-order valence-corrected chi connectivity index (χ1v) is 13.6. The Bertz CT molecular complexity index is 1160. The van der Waals surface area contributed by atoms with E-state index in [1.54, 1.807) is 19.4 Å². The Kier molecular flexibility index (Phi) is 8.51. The summed E-state index contributed by atoms with van der Waals surface area (Å²) >= 11 is 6.02. The number of benzene rings is 2. The zero-order chi connectivity index (χ0) is 26.4. The zero-order valence-corrected chi connectivity index (χ0v) is 22.6. The highest BCUT2D eigenvalue weighted by Gasteiger charge is 2.41. The molecule has 202 valence electrons. The Hall–Kier alpha value is -3.07. The number of imidazole rings is 1. The van der Waals surface area contributed by atoms with Gasteiger partial charge >= 0.3 is 0 Å². The van der Waals surface area contributed by atoms with Crippen molar-refractivity contribution in [2.24, 2.45) is 0 Å². The predicted octanol–water partition coefficient (Wildman–Crippen LogP) is 4.42. The van der Waals surface area contributed by atoms with E-state index in [0.717, 1.165) is 61.9 Å². The lowest BCUT2D eigenvalue weighted by Crippen LogP contribution is -2.48. The van der Waals surface area contributed by atoms with Gasteiger partial charge in [0.15, 0.2) is 5.79 Å². The quantitative estimate of drug-likeness (QED) is 0.381. The summed E-state index contributed by atoms with van der Waals surface area (Å²) in [6, 6.07) is 16.1. The first-order chi connectivity index (χ1) is 18.5. The normalized spacial score (nSPS) is 21.6. The number of aromatic nitrogens is 2. The molecule has 2 aliphatic rings. The average Bonchev–Trinajstić information content (AvgIpc) is 3.59. The van der Waals surface area contributed by atoms with Crippen molar-refractivity contribution in [3.05, 3.63) is 77.8 Å². The molecule has 2 fully saturated rings. The maximum Gasteiger partial charge on any atom is 0.219 e. The smallest absolute Gasteiger partial charge is 0.219 e. The molecule has 1 aromatic heterocycles. The molecule has 2 saturated heterocycles. The van der Waals surface area contributed by atoms with Crippen molar-refractivity contribution < 1.29 is 19.0 Å². The largest absolute Gasteiger partial charge is 0.491 e. The van der Waals surface area contributed by atoms with Crippen LogP contribution in [-0.4, -0.2) is 71.6 Å². The Balaban J connectivity index is 1.13. The molecule has 2 unspecified atom stereocenters. The molecule has 0 radical (unpaired) electrons. The van der Waals surface area contributed by atoms with E-state index in [4.69, 9.17) is 25.8 Å². The van der Waals surface area contributed by atoms with E-state index in [1.807, 2.05) is 39.9 Å². The molecule has 38 heavy (non-hydrogen) atoms. The first kappa shape index (κ1) is 26.5. The topological polar surface area (TPSA) is 69.1 Å². The average molecular weight is 539 g/mol. The lowest BCUT2D eigenvalue weighted by Gasteiger charge is -2.35. The summed E-state index contributed by atoms with van der Waals surface area (Å²) in [6.45, 7) is 6.29. The van der Waals surface area contributed by atoms with Crippen molar-refractivity contribution in [3.8, 4) is 5.75 Å². The van der Waals surface area contributed by atoms with E-state index in [-0.39, 0.29) is 12.0 Å². The number of nitrogens with zero attached hydrogens (tertiary/aromatic N) is 4. The fourth-order valence-electron chi connectivity index (χ4n) is 5.09. The number of carbonyl (C=O) groups excluding carboxylic acids is 1. The molecule has 0 N–H and O–H groups in total. The van der Waals surface area contributed by atoms with E-state index in [9.17, 15) is 4.79 Å². The SMILES string of the molecule is CC(=O)N1CCN(c2ccc(OCC3COC(CCCc4ccc(Cl)cc4)(Cn4ccnc4)O3)cc2)CC1. The predicted molar refractivity (Wildman–Crippen MR) is 147 cm³/mol. The van der Waals surface area contributed by atoms with Gasteiger partial charge in [-0.15, -0.1) is 0 Å². The van der Waals surface area contributed by atoms with Crippen molar-refractivity contribution >= 4 is 23.2 Å². The highest BCUT2D eigenvalue weighted by atomic mass is 35.5. The van der Waals surface area contributed by atoms with Gasteiger partial charge in [-0.25, -0.2) is 4.98 Å². The summed E-state index contributed by atoms with van der Waals surface area (Å²) in [6.07, 6.45) is 7.94. The number of halogens is 1. The van der Waals surface area contributed by atoms with E-state index in [1.165, 1.54) is 5.56 Å². The van der Waals surface area contributed by atoms with Gasteiger partial charge in [-0.2, -0.15) is 0 Å². The summed E-state index contributed by atoms with van der Waals surface area (Å²) in [5.74, 6) is 0.226.